The lowest BCUT2D eigenvalue weighted by molar-refractivity contribution is -0.132. The first-order chi connectivity index (χ1) is 14.0. The lowest BCUT2D eigenvalue weighted by Crippen LogP contribution is -2.09. The molecule has 0 aliphatic carbocycles. The molecule has 0 unspecified atom stereocenters. The minimum Gasteiger partial charge on any atom is -0.478 e. The van der Waals surface area contributed by atoms with Crippen molar-refractivity contribution >= 4 is 23.6 Å². The van der Waals surface area contributed by atoms with Gasteiger partial charge < -0.3 is 14.1 Å². The summed E-state index contributed by atoms with van der Waals surface area (Å²) in [6.07, 6.45) is 6.53. The van der Waals surface area contributed by atoms with Gasteiger partial charge in [-0.3, -0.25) is 0 Å². The zero-order chi connectivity index (χ0) is 20.8. The van der Waals surface area contributed by atoms with E-state index in [1.807, 2.05) is 41.8 Å². The third-order valence-electron chi connectivity index (χ3n) is 4.77. The lowest BCUT2D eigenvalue weighted by atomic mass is 10.1. The Balaban J connectivity index is 1.97. The van der Waals surface area contributed by atoms with Crippen LogP contribution in [-0.4, -0.2) is 20.6 Å². The van der Waals surface area contributed by atoms with Crippen molar-refractivity contribution in [3.8, 4) is 0 Å². The second-order valence-electron chi connectivity index (χ2n) is 7.04. The first-order valence-electron chi connectivity index (χ1n) is 9.75. The second-order valence-corrected chi connectivity index (χ2v) is 7.45. The number of hydrogen-bond acceptors (Lipinski definition) is 3. The molecule has 6 heteroatoms. The molecule has 0 bridgehead atoms. The highest BCUT2D eigenvalue weighted by atomic mass is 35.5. The normalized spacial score (nSPS) is 11.8. The first kappa shape index (κ1) is 20.9. The zero-order valence-electron chi connectivity index (χ0n) is 16.7. The molecule has 2 aromatic heterocycles. The fraction of sp³-hybridized carbons (Fsp3) is 0.304. The summed E-state index contributed by atoms with van der Waals surface area (Å²) in [5.41, 5.74) is 1.97. The number of aliphatic carboxylic acids is 1. The van der Waals surface area contributed by atoms with Gasteiger partial charge in [-0.2, -0.15) is 0 Å². The molecule has 0 radical (unpaired) electrons. The van der Waals surface area contributed by atoms with E-state index in [0.717, 1.165) is 42.1 Å². The SMILES string of the molecule is CCCCc1ncc(/C=C(/Cc2ccc(C)o2)C(=O)O)n1Cc1ccccc1Cl. The van der Waals surface area contributed by atoms with Crippen LogP contribution in [0.3, 0.4) is 0 Å². The molecule has 0 fully saturated rings. The third-order valence-corrected chi connectivity index (χ3v) is 5.14. The largest absolute Gasteiger partial charge is 0.478 e. The van der Waals surface area contributed by atoms with Crippen molar-refractivity contribution in [1.29, 1.82) is 0 Å². The number of aryl methyl sites for hydroxylation is 2. The van der Waals surface area contributed by atoms with Gasteiger partial charge in [0.25, 0.3) is 0 Å². The molecule has 29 heavy (non-hydrogen) atoms. The van der Waals surface area contributed by atoms with E-state index in [9.17, 15) is 9.90 Å². The summed E-state index contributed by atoms with van der Waals surface area (Å²) in [5, 5.41) is 10.4. The molecule has 3 rings (SSSR count). The molecule has 0 aliphatic rings. The average molecular weight is 413 g/mol. The van der Waals surface area contributed by atoms with Gasteiger partial charge in [-0.25, -0.2) is 9.78 Å². The summed E-state index contributed by atoms with van der Waals surface area (Å²) < 4.78 is 7.61. The van der Waals surface area contributed by atoms with Gasteiger partial charge in [-0.15, -0.1) is 0 Å². The Kier molecular flexibility index (Phi) is 6.94. The Morgan fingerprint density at radius 2 is 2.07 bits per heavy atom. The number of nitrogens with zero attached hydrogens (tertiary/aromatic N) is 2. The summed E-state index contributed by atoms with van der Waals surface area (Å²) in [4.78, 5) is 16.4. The molecule has 0 saturated carbocycles. The quantitative estimate of drug-likeness (QED) is 0.468. The van der Waals surface area contributed by atoms with Crippen molar-refractivity contribution in [3.05, 3.63) is 81.8 Å². The standard InChI is InChI=1S/C23H25ClN2O3/c1-3-4-9-22-25-14-19(26(22)15-17-7-5-6-8-21(17)24)12-18(23(27)28)13-20-11-10-16(2)29-20/h5-8,10-12,14H,3-4,9,13,15H2,1-2H3,(H,27,28)/b18-12-. The Bertz CT molecular complexity index is 1020. The maximum absolute atomic E-state index is 11.9. The molecule has 1 aromatic carbocycles. The molecular formula is C23H25ClN2O3. The molecule has 0 saturated heterocycles. The predicted molar refractivity (Wildman–Crippen MR) is 114 cm³/mol. The fourth-order valence-electron chi connectivity index (χ4n) is 3.19. The van der Waals surface area contributed by atoms with Crippen molar-refractivity contribution in [3.63, 3.8) is 0 Å². The van der Waals surface area contributed by atoms with Gasteiger partial charge in [-0.1, -0.05) is 43.1 Å². The molecule has 3 aromatic rings. The van der Waals surface area contributed by atoms with Gasteiger partial charge in [0.15, 0.2) is 0 Å². The van der Waals surface area contributed by atoms with Crippen LogP contribution in [0.4, 0.5) is 0 Å². The highest BCUT2D eigenvalue weighted by molar-refractivity contribution is 6.31. The minimum atomic E-state index is -0.973. The number of furan rings is 1. The Hall–Kier alpha value is -2.79. The molecule has 1 N–H and O–H groups in total. The maximum atomic E-state index is 11.9. The Morgan fingerprint density at radius 3 is 2.72 bits per heavy atom. The van der Waals surface area contributed by atoms with Crippen LogP contribution >= 0.6 is 11.6 Å². The maximum Gasteiger partial charge on any atom is 0.332 e. The van der Waals surface area contributed by atoms with Crippen LogP contribution in [0.1, 0.15) is 48.4 Å². The number of hydrogen-bond donors (Lipinski definition) is 1. The van der Waals surface area contributed by atoms with E-state index in [1.54, 1.807) is 18.3 Å². The van der Waals surface area contributed by atoms with E-state index >= 15 is 0 Å². The summed E-state index contributed by atoms with van der Waals surface area (Å²) in [7, 11) is 0. The zero-order valence-corrected chi connectivity index (χ0v) is 17.4. The smallest absolute Gasteiger partial charge is 0.332 e. The van der Waals surface area contributed by atoms with E-state index in [0.29, 0.717) is 17.3 Å². The summed E-state index contributed by atoms with van der Waals surface area (Å²) in [5.74, 6) is 1.34. The summed E-state index contributed by atoms with van der Waals surface area (Å²) in [6, 6.07) is 11.3. The molecule has 0 amide bonds. The van der Waals surface area contributed by atoms with Crippen molar-refractivity contribution in [2.24, 2.45) is 0 Å². The summed E-state index contributed by atoms with van der Waals surface area (Å²) in [6.45, 7) is 4.51. The number of carbonyl (C=O) groups is 1. The molecule has 2 heterocycles. The van der Waals surface area contributed by atoms with Gasteiger partial charge >= 0.3 is 5.97 Å². The highest BCUT2D eigenvalue weighted by Crippen LogP contribution is 2.21. The minimum absolute atomic E-state index is 0.213. The fourth-order valence-corrected chi connectivity index (χ4v) is 3.39. The monoisotopic (exact) mass is 412 g/mol. The lowest BCUT2D eigenvalue weighted by Gasteiger charge is -2.12. The van der Waals surface area contributed by atoms with Gasteiger partial charge in [0.2, 0.25) is 0 Å². The van der Waals surface area contributed by atoms with Crippen LogP contribution in [0.5, 0.6) is 0 Å². The number of rotatable bonds is 9. The number of carboxylic acid groups (broad SMARTS) is 1. The Morgan fingerprint density at radius 1 is 1.28 bits per heavy atom. The highest BCUT2D eigenvalue weighted by Gasteiger charge is 2.15. The number of aromatic nitrogens is 2. The second kappa shape index (κ2) is 9.61. The van der Waals surface area contributed by atoms with Gasteiger partial charge in [-0.05, 0) is 43.2 Å². The van der Waals surface area contributed by atoms with Gasteiger partial charge in [0, 0.05) is 23.4 Å². The van der Waals surface area contributed by atoms with Crippen molar-refractivity contribution < 1.29 is 14.3 Å². The number of imidazole rings is 1. The molecular weight excluding hydrogens is 388 g/mol. The van der Waals surface area contributed by atoms with Crippen LogP contribution < -0.4 is 0 Å². The number of unbranched alkanes of at least 4 members (excludes halogenated alkanes) is 1. The molecule has 5 nitrogen and oxygen atoms in total. The van der Waals surface area contributed by atoms with E-state index < -0.39 is 5.97 Å². The molecule has 0 aliphatic heterocycles. The van der Waals surface area contributed by atoms with E-state index in [4.69, 9.17) is 16.0 Å². The molecule has 0 atom stereocenters. The van der Waals surface area contributed by atoms with Crippen molar-refractivity contribution in [2.45, 2.75) is 46.1 Å². The van der Waals surface area contributed by atoms with E-state index in [1.165, 1.54) is 0 Å². The average Bonchev–Trinajstić information content (AvgIpc) is 3.27. The number of carboxylic acids is 1. The molecule has 0 spiro atoms. The third kappa shape index (κ3) is 5.39. The van der Waals surface area contributed by atoms with Gasteiger partial charge in [0.05, 0.1) is 18.4 Å². The number of halogens is 1. The molecule has 152 valence electrons. The number of benzene rings is 1. The van der Waals surface area contributed by atoms with E-state index in [-0.39, 0.29) is 12.0 Å². The van der Waals surface area contributed by atoms with Crippen LogP contribution in [-0.2, 0) is 24.2 Å². The van der Waals surface area contributed by atoms with Gasteiger partial charge in [0.1, 0.15) is 17.3 Å². The van der Waals surface area contributed by atoms with Crippen molar-refractivity contribution in [1.82, 2.24) is 9.55 Å². The van der Waals surface area contributed by atoms with Crippen molar-refractivity contribution in [2.75, 3.05) is 0 Å². The van der Waals surface area contributed by atoms with Crippen LogP contribution in [0.15, 0.2) is 52.6 Å². The van der Waals surface area contributed by atoms with Crippen LogP contribution in [0.2, 0.25) is 5.02 Å². The van der Waals surface area contributed by atoms with E-state index in [2.05, 4.69) is 11.9 Å². The topological polar surface area (TPSA) is 68.3 Å². The first-order valence-corrected chi connectivity index (χ1v) is 10.1. The Labute approximate surface area is 175 Å². The van der Waals surface area contributed by atoms with Crippen LogP contribution in [0.25, 0.3) is 6.08 Å². The van der Waals surface area contributed by atoms with Crippen LogP contribution in [0, 0.1) is 6.92 Å². The summed E-state index contributed by atoms with van der Waals surface area (Å²) >= 11 is 6.36. The predicted octanol–water partition coefficient (Wildman–Crippen LogP) is 5.54.